The minimum Gasteiger partial charge on any atom is -0.493 e. The molecule has 0 N–H and O–H groups in total. The number of aldehydes is 1. The average Bonchev–Trinajstić information content (AvgIpc) is 3.12. The maximum absolute atomic E-state index is 11.5. The largest absolute Gasteiger partial charge is 0.493 e. The predicted octanol–water partition coefficient (Wildman–Crippen LogP) is 4.08. The van der Waals surface area contributed by atoms with Gasteiger partial charge in [-0.25, -0.2) is 4.98 Å². The summed E-state index contributed by atoms with van der Waals surface area (Å²) in [6, 6.07) is 8.15. The van der Waals surface area contributed by atoms with Crippen molar-refractivity contribution in [2.75, 3.05) is 6.61 Å². The SMILES string of the molecule is CCc1ccc(OCCc2nn3c(C=O)c(C(C)(C)C)nc3s2)cc1. The van der Waals surface area contributed by atoms with Gasteiger partial charge in [0.25, 0.3) is 0 Å². The number of aromatic nitrogens is 3. The molecule has 5 nitrogen and oxygen atoms in total. The highest BCUT2D eigenvalue weighted by atomic mass is 32.1. The van der Waals surface area contributed by atoms with Gasteiger partial charge in [-0.15, -0.1) is 0 Å². The van der Waals surface area contributed by atoms with Crippen molar-refractivity contribution < 1.29 is 9.53 Å². The molecule has 3 rings (SSSR count). The number of nitrogens with zero attached hydrogens (tertiary/aromatic N) is 3. The van der Waals surface area contributed by atoms with Crippen LogP contribution in [-0.2, 0) is 18.3 Å². The molecule has 25 heavy (non-hydrogen) atoms. The van der Waals surface area contributed by atoms with Gasteiger partial charge in [0.1, 0.15) is 16.5 Å². The predicted molar refractivity (Wildman–Crippen MR) is 100.0 cm³/mol. The highest BCUT2D eigenvalue weighted by Crippen LogP contribution is 2.27. The first-order valence-corrected chi connectivity index (χ1v) is 9.30. The highest BCUT2D eigenvalue weighted by molar-refractivity contribution is 7.16. The number of hydrogen-bond donors (Lipinski definition) is 0. The van der Waals surface area contributed by atoms with Crippen molar-refractivity contribution in [1.82, 2.24) is 14.6 Å². The fraction of sp³-hybridized carbons (Fsp3) is 0.421. The topological polar surface area (TPSA) is 56.5 Å². The zero-order chi connectivity index (χ0) is 18.0. The molecule has 132 valence electrons. The second-order valence-electron chi connectivity index (χ2n) is 7.00. The minimum absolute atomic E-state index is 0.183. The average molecular weight is 357 g/mol. The molecule has 0 saturated carbocycles. The Balaban J connectivity index is 1.70. The molecule has 0 spiro atoms. The minimum atomic E-state index is -0.183. The van der Waals surface area contributed by atoms with Crippen LogP contribution in [0, 0.1) is 0 Å². The van der Waals surface area contributed by atoms with Crippen molar-refractivity contribution in [3.8, 4) is 5.75 Å². The van der Waals surface area contributed by atoms with Gasteiger partial charge < -0.3 is 4.74 Å². The van der Waals surface area contributed by atoms with Crippen LogP contribution in [0.4, 0.5) is 0 Å². The summed E-state index contributed by atoms with van der Waals surface area (Å²) in [6.07, 6.45) is 2.55. The summed E-state index contributed by atoms with van der Waals surface area (Å²) in [7, 11) is 0. The molecule has 0 aliphatic rings. The second kappa shape index (κ2) is 6.96. The first-order chi connectivity index (χ1) is 11.9. The number of carbonyl (C=O) groups excluding carboxylic acids is 1. The van der Waals surface area contributed by atoms with Gasteiger partial charge >= 0.3 is 0 Å². The van der Waals surface area contributed by atoms with E-state index in [1.165, 1.54) is 16.9 Å². The Bertz CT molecular complexity index is 873. The Morgan fingerprint density at radius 1 is 1.24 bits per heavy atom. The van der Waals surface area contributed by atoms with Gasteiger partial charge in [0.2, 0.25) is 4.96 Å². The molecule has 0 atom stereocenters. The Kier molecular flexibility index (Phi) is 4.90. The Morgan fingerprint density at radius 3 is 2.56 bits per heavy atom. The molecule has 0 saturated heterocycles. The van der Waals surface area contributed by atoms with Gasteiger partial charge in [-0.2, -0.15) is 9.61 Å². The smallest absolute Gasteiger partial charge is 0.213 e. The van der Waals surface area contributed by atoms with Gasteiger partial charge in [0, 0.05) is 11.8 Å². The maximum Gasteiger partial charge on any atom is 0.213 e. The zero-order valence-electron chi connectivity index (χ0n) is 15.1. The monoisotopic (exact) mass is 357 g/mol. The van der Waals surface area contributed by atoms with Crippen LogP contribution in [0.2, 0.25) is 0 Å². The molecule has 0 aliphatic carbocycles. The third kappa shape index (κ3) is 3.74. The number of imidazole rings is 1. The molecular weight excluding hydrogens is 334 g/mol. The van der Waals surface area contributed by atoms with Crippen LogP contribution >= 0.6 is 11.3 Å². The van der Waals surface area contributed by atoms with Crippen LogP contribution in [0.1, 0.15) is 54.4 Å². The van der Waals surface area contributed by atoms with E-state index in [0.717, 1.165) is 34.1 Å². The lowest BCUT2D eigenvalue weighted by Gasteiger charge is -2.15. The van der Waals surface area contributed by atoms with Gasteiger partial charge in [-0.05, 0) is 24.1 Å². The molecule has 3 aromatic rings. The summed E-state index contributed by atoms with van der Waals surface area (Å²) < 4.78 is 7.44. The third-order valence-electron chi connectivity index (χ3n) is 4.02. The summed E-state index contributed by atoms with van der Waals surface area (Å²) in [5.41, 5.74) is 2.45. The van der Waals surface area contributed by atoms with Crippen molar-refractivity contribution >= 4 is 22.6 Å². The fourth-order valence-electron chi connectivity index (χ4n) is 2.64. The third-order valence-corrected chi connectivity index (χ3v) is 4.99. The number of carbonyl (C=O) groups is 1. The molecule has 0 fully saturated rings. The molecule has 1 aromatic carbocycles. The van der Waals surface area contributed by atoms with E-state index in [1.807, 2.05) is 32.9 Å². The number of fused-ring (bicyclic) bond motifs is 1. The molecule has 0 amide bonds. The molecule has 2 heterocycles. The number of aryl methyl sites for hydroxylation is 1. The van der Waals surface area contributed by atoms with Crippen molar-refractivity contribution in [1.29, 1.82) is 0 Å². The van der Waals surface area contributed by atoms with E-state index in [9.17, 15) is 4.79 Å². The molecule has 0 bridgehead atoms. The second-order valence-corrected chi connectivity index (χ2v) is 8.04. The first kappa shape index (κ1) is 17.6. The number of rotatable bonds is 6. The van der Waals surface area contributed by atoms with Crippen LogP contribution in [0.3, 0.4) is 0 Å². The van der Waals surface area contributed by atoms with Crippen LogP contribution < -0.4 is 4.74 Å². The van der Waals surface area contributed by atoms with Gasteiger partial charge in [-0.3, -0.25) is 4.79 Å². The maximum atomic E-state index is 11.5. The number of ether oxygens (including phenoxy) is 1. The fourth-order valence-corrected chi connectivity index (χ4v) is 3.52. The summed E-state index contributed by atoms with van der Waals surface area (Å²) >= 11 is 1.51. The summed E-state index contributed by atoms with van der Waals surface area (Å²) in [5.74, 6) is 0.863. The highest BCUT2D eigenvalue weighted by Gasteiger charge is 2.25. The van der Waals surface area contributed by atoms with Crippen LogP contribution in [0.5, 0.6) is 5.75 Å². The van der Waals surface area contributed by atoms with E-state index in [4.69, 9.17) is 4.74 Å². The Morgan fingerprint density at radius 2 is 1.96 bits per heavy atom. The molecule has 0 radical (unpaired) electrons. The van der Waals surface area contributed by atoms with E-state index < -0.39 is 0 Å². The van der Waals surface area contributed by atoms with E-state index in [0.29, 0.717) is 18.7 Å². The van der Waals surface area contributed by atoms with Crippen LogP contribution in [0.25, 0.3) is 4.96 Å². The van der Waals surface area contributed by atoms with Crippen molar-refractivity contribution in [3.05, 3.63) is 46.2 Å². The van der Waals surface area contributed by atoms with Gasteiger partial charge in [0.15, 0.2) is 6.29 Å². The normalized spacial score (nSPS) is 11.8. The van der Waals surface area contributed by atoms with Crippen molar-refractivity contribution in [3.63, 3.8) is 0 Å². The Labute approximate surface area is 151 Å². The van der Waals surface area contributed by atoms with Crippen LogP contribution in [0.15, 0.2) is 24.3 Å². The number of hydrogen-bond acceptors (Lipinski definition) is 5. The van der Waals surface area contributed by atoms with E-state index in [2.05, 4.69) is 29.1 Å². The van der Waals surface area contributed by atoms with Gasteiger partial charge in [0.05, 0.1) is 12.3 Å². The molecule has 0 aliphatic heterocycles. The van der Waals surface area contributed by atoms with Crippen LogP contribution in [-0.4, -0.2) is 27.5 Å². The molecular formula is C19H23N3O2S. The first-order valence-electron chi connectivity index (χ1n) is 8.48. The molecule has 6 heteroatoms. The zero-order valence-corrected chi connectivity index (χ0v) is 15.9. The lowest BCUT2D eigenvalue weighted by Crippen LogP contribution is -2.15. The molecule has 2 aromatic heterocycles. The summed E-state index contributed by atoms with van der Waals surface area (Å²) in [6.45, 7) is 8.82. The quantitative estimate of drug-likeness (QED) is 0.624. The van der Waals surface area contributed by atoms with E-state index in [1.54, 1.807) is 4.52 Å². The van der Waals surface area contributed by atoms with Gasteiger partial charge in [-0.1, -0.05) is 51.2 Å². The molecule has 0 unspecified atom stereocenters. The standard InChI is InChI=1S/C19H23N3O2S/c1-5-13-6-8-14(9-7-13)24-11-10-16-21-22-15(12-23)17(19(2,3)4)20-18(22)25-16/h6-9,12H,5,10-11H2,1-4H3. The lowest BCUT2D eigenvalue weighted by atomic mass is 9.91. The summed E-state index contributed by atoms with van der Waals surface area (Å²) in [4.78, 5) is 16.9. The van der Waals surface area contributed by atoms with Crippen molar-refractivity contribution in [2.45, 2.75) is 46.0 Å². The summed E-state index contributed by atoms with van der Waals surface area (Å²) in [5, 5.41) is 5.45. The van der Waals surface area contributed by atoms with Crippen molar-refractivity contribution in [2.24, 2.45) is 0 Å². The Hall–Kier alpha value is -2.21. The lowest BCUT2D eigenvalue weighted by molar-refractivity contribution is 0.111. The van der Waals surface area contributed by atoms with E-state index in [-0.39, 0.29) is 5.41 Å². The number of benzene rings is 1. The van der Waals surface area contributed by atoms with E-state index >= 15 is 0 Å².